The summed E-state index contributed by atoms with van der Waals surface area (Å²) < 4.78 is 32.6. The fourth-order valence-corrected chi connectivity index (χ4v) is 3.59. The van der Waals surface area contributed by atoms with Gasteiger partial charge in [-0.25, -0.2) is 14.4 Å². The standard InChI is InChI=1S/C21H22O9/c1-5-25-17(22)13-8-11-6-7-12(9-14(11)27-18(13)23)26-19-16-15(28-20(24)29-16)10(2)21(3,4)30-19/h6-10,15-16,19H,5H2,1-4H3/t10-,15-,16+,19?/m1/s1. The highest BCUT2D eigenvalue weighted by atomic mass is 16.8. The Kier molecular flexibility index (Phi) is 4.93. The minimum Gasteiger partial charge on any atom is -0.462 e. The van der Waals surface area contributed by atoms with Crippen LogP contribution in [0.5, 0.6) is 5.75 Å². The van der Waals surface area contributed by atoms with Crippen LogP contribution in [0, 0.1) is 5.92 Å². The molecule has 0 bridgehead atoms. The van der Waals surface area contributed by atoms with Crippen LogP contribution in [0.2, 0.25) is 0 Å². The molecule has 160 valence electrons. The topological polar surface area (TPSA) is 110 Å². The summed E-state index contributed by atoms with van der Waals surface area (Å²) >= 11 is 0. The monoisotopic (exact) mass is 418 g/mol. The maximum Gasteiger partial charge on any atom is 0.509 e. The Labute approximate surface area is 171 Å². The smallest absolute Gasteiger partial charge is 0.462 e. The summed E-state index contributed by atoms with van der Waals surface area (Å²) in [6.45, 7) is 7.48. The molecule has 0 radical (unpaired) electrons. The van der Waals surface area contributed by atoms with Crippen LogP contribution in [0.15, 0.2) is 33.5 Å². The molecule has 1 unspecified atom stereocenters. The molecular formula is C21H22O9. The Morgan fingerprint density at radius 1 is 1.13 bits per heavy atom. The van der Waals surface area contributed by atoms with Crippen molar-refractivity contribution in [1.29, 1.82) is 0 Å². The van der Waals surface area contributed by atoms with Crippen LogP contribution < -0.4 is 10.4 Å². The van der Waals surface area contributed by atoms with Crippen LogP contribution in [0.1, 0.15) is 38.1 Å². The van der Waals surface area contributed by atoms with Gasteiger partial charge < -0.3 is 28.1 Å². The highest BCUT2D eigenvalue weighted by Gasteiger charge is 2.56. The molecular weight excluding hydrogens is 396 g/mol. The number of carbonyl (C=O) groups excluding carboxylic acids is 2. The highest BCUT2D eigenvalue weighted by molar-refractivity contribution is 5.93. The minimum atomic E-state index is -0.907. The van der Waals surface area contributed by atoms with Crippen molar-refractivity contribution < 1.29 is 37.7 Å². The predicted octanol–water partition coefficient (Wildman–Crippen LogP) is 3.02. The number of benzene rings is 1. The van der Waals surface area contributed by atoms with E-state index in [1.165, 1.54) is 12.1 Å². The van der Waals surface area contributed by atoms with E-state index < -0.39 is 41.8 Å². The normalized spacial score (nSPS) is 27.1. The van der Waals surface area contributed by atoms with E-state index in [0.29, 0.717) is 11.1 Å². The Balaban J connectivity index is 1.62. The predicted molar refractivity (Wildman–Crippen MR) is 102 cm³/mol. The second-order valence-electron chi connectivity index (χ2n) is 7.78. The number of ether oxygens (including phenoxy) is 5. The third-order valence-electron chi connectivity index (χ3n) is 5.52. The van der Waals surface area contributed by atoms with Crippen molar-refractivity contribution in [2.75, 3.05) is 6.61 Å². The van der Waals surface area contributed by atoms with Crippen molar-refractivity contribution >= 4 is 23.1 Å². The summed E-state index contributed by atoms with van der Waals surface area (Å²) in [5.74, 6) is -0.508. The molecule has 4 rings (SSSR count). The Bertz CT molecular complexity index is 1050. The third-order valence-corrected chi connectivity index (χ3v) is 5.52. The first-order valence-electron chi connectivity index (χ1n) is 9.66. The second-order valence-corrected chi connectivity index (χ2v) is 7.78. The number of hydrogen-bond acceptors (Lipinski definition) is 9. The van der Waals surface area contributed by atoms with E-state index in [1.54, 1.807) is 19.1 Å². The molecule has 4 atom stereocenters. The zero-order valence-electron chi connectivity index (χ0n) is 17.0. The summed E-state index contributed by atoms with van der Waals surface area (Å²) in [6.07, 6.45) is -2.90. The van der Waals surface area contributed by atoms with Gasteiger partial charge in [0.25, 0.3) is 0 Å². The van der Waals surface area contributed by atoms with Crippen molar-refractivity contribution in [1.82, 2.24) is 0 Å². The molecule has 0 amide bonds. The van der Waals surface area contributed by atoms with Crippen molar-refractivity contribution in [3.63, 3.8) is 0 Å². The molecule has 0 saturated carbocycles. The summed E-state index contributed by atoms with van der Waals surface area (Å²) in [5, 5.41) is 0.525. The number of fused-ring (bicyclic) bond motifs is 2. The first-order valence-corrected chi connectivity index (χ1v) is 9.66. The molecule has 2 aliphatic rings. The SMILES string of the molecule is CCOC(=O)c1cc2ccc(OC3OC(C)(C)[C@H](C)[C@H]4OC(=O)O[C@H]34)cc2oc1=O. The lowest BCUT2D eigenvalue weighted by molar-refractivity contribution is -0.260. The fourth-order valence-electron chi connectivity index (χ4n) is 3.59. The van der Waals surface area contributed by atoms with E-state index in [9.17, 15) is 14.4 Å². The molecule has 1 aromatic heterocycles. The molecule has 2 aliphatic heterocycles. The summed E-state index contributed by atoms with van der Waals surface area (Å²) in [5.41, 5.74) is -1.38. The summed E-state index contributed by atoms with van der Waals surface area (Å²) in [4.78, 5) is 35.7. The maximum absolute atomic E-state index is 12.2. The first-order chi connectivity index (χ1) is 14.2. The first kappa shape index (κ1) is 20.2. The van der Waals surface area contributed by atoms with Gasteiger partial charge in [0.2, 0.25) is 12.4 Å². The van der Waals surface area contributed by atoms with Gasteiger partial charge in [-0.15, -0.1) is 0 Å². The molecule has 3 heterocycles. The van der Waals surface area contributed by atoms with Gasteiger partial charge in [-0.3, -0.25) is 0 Å². The molecule has 2 fully saturated rings. The third kappa shape index (κ3) is 3.49. The average molecular weight is 418 g/mol. The molecule has 9 heteroatoms. The molecule has 2 aromatic rings. The van der Waals surface area contributed by atoms with Crippen LogP contribution in [-0.4, -0.2) is 42.8 Å². The van der Waals surface area contributed by atoms with Crippen molar-refractivity contribution in [2.45, 2.75) is 51.8 Å². The molecule has 1 aromatic carbocycles. The minimum absolute atomic E-state index is 0.107. The van der Waals surface area contributed by atoms with Crippen molar-refractivity contribution in [2.24, 2.45) is 5.92 Å². The largest absolute Gasteiger partial charge is 0.509 e. The fraction of sp³-hybridized carbons (Fsp3) is 0.476. The molecule has 30 heavy (non-hydrogen) atoms. The summed E-state index contributed by atoms with van der Waals surface area (Å²) in [6, 6.07) is 6.19. The lowest BCUT2D eigenvalue weighted by atomic mass is 9.82. The Hall–Kier alpha value is -3.07. The zero-order valence-corrected chi connectivity index (χ0v) is 17.0. The number of rotatable bonds is 4. The van der Waals surface area contributed by atoms with E-state index in [4.69, 9.17) is 28.1 Å². The quantitative estimate of drug-likeness (QED) is 0.546. The second kappa shape index (κ2) is 7.32. The summed E-state index contributed by atoms with van der Waals surface area (Å²) in [7, 11) is 0. The Morgan fingerprint density at radius 3 is 2.60 bits per heavy atom. The number of carbonyl (C=O) groups is 2. The molecule has 9 nitrogen and oxygen atoms in total. The van der Waals surface area contributed by atoms with Gasteiger partial charge in [0.1, 0.15) is 16.9 Å². The Morgan fingerprint density at radius 2 is 1.87 bits per heavy atom. The lowest BCUT2D eigenvalue weighted by Crippen LogP contribution is -2.58. The van der Waals surface area contributed by atoms with Gasteiger partial charge in [-0.2, -0.15) is 0 Å². The van der Waals surface area contributed by atoms with E-state index in [0.717, 1.165) is 0 Å². The lowest BCUT2D eigenvalue weighted by Gasteiger charge is -2.44. The molecule has 0 N–H and O–H groups in total. The van der Waals surface area contributed by atoms with Gasteiger partial charge in [0.15, 0.2) is 6.10 Å². The van der Waals surface area contributed by atoms with E-state index >= 15 is 0 Å². The van der Waals surface area contributed by atoms with Gasteiger partial charge in [-0.05, 0) is 39.0 Å². The molecule has 2 saturated heterocycles. The highest BCUT2D eigenvalue weighted by Crippen LogP contribution is 2.40. The molecule has 0 aliphatic carbocycles. The van der Waals surface area contributed by atoms with Crippen LogP contribution >= 0.6 is 0 Å². The van der Waals surface area contributed by atoms with Crippen LogP contribution in [0.3, 0.4) is 0 Å². The number of hydrogen-bond donors (Lipinski definition) is 0. The van der Waals surface area contributed by atoms with E-state index in [-0.39, 0.29) is 23.7 Å². The van der Waals surface area contributed by atoms with E-state index in [2.05, 4.69) is 0 Å². The number of esters is 1. The van der Waals surface area contributed by atoms with Crippen molar-refractivity contribution in [3.8, 4) is 5.75 Å². The maximum atomic E-state index is 12.2. The average Bonchev–Trinajstić information content (AvgIpc) is 3.07. The van der Waals surface area contributed by atoms with Gasteiger partial charge in [0, 0.05) is 17.4 Å². The molecule has 0 spiro atoms. The van der Waals surface area contributed by atoms with Crippen molar-refractivity contribution in [3.05, 3.63) is 40.2 Å². The van der Waals surface area contributed by atoms with E-state index in [1.807, 2.05) is 20.8 Å². The van der Waals surface area contributed by atoms with Gasteiger partial charge in [0.05, 0.1) is 12.2 Å². The van der Waals surface area contributed by atoms with Gasteiger partial charge >= 0.3 is 17.8 Å². The van der Waals surface area contributed by atoms with Gasteiger partial charge in [-0.1, -0.05) is 6.92 Å². The zero-order chi connectivity index (χ0) is 21.6. The van der Waals surface area contributed by atoms with Crippen LogP contribution in [0.25, 0.3) is 11.0 Å². The van der Waals surface area contributed by atoms with Crippen LogP contribution in [-0.2, 0) is 18.9 Å². The van der Waals surface area contributed by atoms with Crippen LogP contribution in [0.4, 0.5) is 4.79 Å².